The molecule has 0 aliphatic rings. The fourth-order valence-electron chi connectivity index (χ4n) is 3.61. The molecule has 0 aliphatic carbocycles. The van der Waals surface area contributed by atoms with Crippen LogP contribution in [0.25, 0.3) is 0 Å². The average molecular weight is 530 g/mol. The summed E-state index contributed by atoms with van der Waals surface area (Å²) in [5.41, 5.74) is 0.722. The van der Waals surface area contributed by atoms with Crippen LogP contribution >= 0.6 is 22.9 Å². The summed E-state index contributed by atoms with van der Waals surface area (Å²) in [4.78, 5) is 41.7. The molecule has 0 N–H and O–H groups in total. The molecule has 0 atom stereocenters. The summed E-state index contributed by atoms with van der Waals surface area (Å²) in [6, 6.07) is 17.5. The monoisotopic (exact) mass is 529 g/mol. The molecule has 0 spiro atoms. The zero-order chi connectivity index (χ0) is 25.9. The van der Waals surface area contributed by atoms with Crippen molar-refractivity contribution in [3.63, 3.8) is 0 Å². The Morgan fingerprint density at radius 2 is 1.83 bits per heavy atom. The summed E-state index contributed by atoms with van der Waals surface area (Å²) in [5.74, 6) is -0.698. The van der Waals surface area contributed by atoms with E-state index in [1.54, 1.807) is 16.2 Å². The molecule has 10 heteroatoms. The molecule has 0 fully saturated rings. The molecule has 0 bridgehead atoms. The molecule has 2 aromatic carbocycles. The summed E-state index contributed by atoms with van der Waals surface area (Å²) < 4.78 is 5.40. The Morgan fingerprint density at radius 3 is 2.50 bits per heavy atom. The van der Waals surface area contributed by atoms with Crippen LogP contribution in [0.3, 0.4) is 0 Å². The van der Waals surface area contributed by atoms with E-state index in [1.165, 1.54) is 17.0 Å². The van der Waals surface area contributed by atoms with E-state index in [1.807, 2.05) is 54.8 Å². The molecule has 36 heavy (non-hydrogen) atoms. The maximum atomic E-state index is 13.5. The van der Waals surface area contributed by atoms with Gasteiger partial charge in [0.15, 0.2) is 0 Å². The molecule has 0 aliphatic heterocycles. The third-order valence-electron chi connectivity index (χ3n) is 5.42. The quantitative estimate of drug-likeness (QED) is 0.168. The van der Waals surface area contributed by atoms with Gasteiger partial charge in [0.1, 0.15) is 11.6 Å². The Balaban J connectivity index is 1.83. The predicted octanol–water partition coefficient (Wildman–Crippen LogP) is 5.41. The molecule has 1 heterocycles. The fourth-order valence-corrected chi connectivity index (χ4v) is 4.52. The lowest BCUT2D eigenvalue weighted by molar-refractivity contribution is -0.384. The Bertz CT molecular complexity index is 1160. The molecule has 190 valence electrons. The molecule has 0 saturated carbocycles. The van der Waals surface area contributed by atoms with Crippen LogP contribution in [0.15, 0.2) is 66.0 Å². The number of hydrogen-bond donors (Lipinski definition) is 0. The first-order valence-electron chi connectivity index (χ1n) is 11.5. The van der Waals surface area contributed by atoms with Gasteiger partial charge < -0.3 is 14.5 Å². The van der Waals surface area contributed by atoms with Crippen molar-refractivity contribution in [1.82, 2.24) is 9.80 Å². The summed E-state index contributed by atoms with van der Waals surface area (Å²) in [5, 5.41) is 13.2. The van der Waals surface area contributed by atoms with Gasteiger partial charge >= 0.3 is 0 Å². The molecular formula is C26H28ClN3O5S. The minimum atomic E-state index is -0.633. The topological polar surface area (TPSA) is 93.0 Å². The first-order valence-corrected chi connectivity index (χ1v) is 12.8. The molecule has 1 aromatic heterocycles. The Hall–Kier alpha value is -3.27. The summed E-state index contributed by atoms with van der Waals surface area (Å²) in [6.07, 6.45) is 0.520. The van der Waals surface area contributed by atoms with Gasteiger partial charge in [-0.05, 0) is 42.5 Å². The van der Waals surface area contributed by atoms with E-state index in [2.05, 4.69) is 0 Å². The first kappa shape index (κ1) is 27.3. The molecule has 8 nitrogen and oxygen atoms in total. The van der Waals surface area contributed by atoms with Crippen LogP contribution in [0.5, 0.6) is 0 Å². The summed E-state index contributed by atoms with van der Waals surface area (Å²) in [7, 11) is 0. The predicted molar refractivity (Wildman–Crippen MR) is 140 cm³/mol. The molecule has 3 aromatic rings. The smallest absolute Gasteiger partial charge is 0.288 e. The second kappa shape index (κ2) is 13.7. The highest BCUT2D eigenvalue weighted by Gasteiger charge is 2.25. The zero-order valence-electron chi connectivity index (χ0n) is 20.0. The van der Waals surface area contributed by atoms with Crippen LogP contribution in [0.2, 0.25) is 5.02 Å². The zero-order valence-corrected chi connectivity index (χ0v) is 21.5. The van der Waals surface area contributed by atoms with E-state index >= 15 is 0 Å². The number of ether oxygens (including phenoxy) is 1. The highest BCUT2D eigenvalue weighted by Crippen LogP contribution is 2.26. The fraction of sp³-hybridized carbons (Fsp3) is 0.308. The van der Waals surface area contributed by atoms with E-state index in [0.29, 0.717) is 32.7 Å². The van der Waals surface area contributed by atoms with Gasteiger partial charge in [0.25, 0.3) is 11.6 Å². The summed E-state index contributed by atoms with van der Waals surface area (Å²) in [6.45, 7) is 3.76. The number of nitro groups is 1. The number of nitrogens with zero attached hydrogens (tertiary/aromatic N) is 3. The third-order valence-corrected chi connectivity index (χ3v) is 6.60. The number of nitro benzene ring substituents is 1. The number of benzene rings is 2. The van der Waals surface area contributed by atoms with Gasteiger partial charge in [-0.1, -0.05) is 48.0 Å². The van der Waals surface area contributed by atoms with Gasteiger partial charge in [-0.3, -0.25) is 19.7 Å². The van der Waals surface area contributed by atoms with Crippen LogP contribution in [-0.4, -0.2) is 52.8 Å². The van der Waals surface area contributed by atoms with E-state index in [4.69, 9.17) is 16.3 Å². The lowest BCUT2D eigenvalue weighted by atomic mass is 10.1. The molecule has 0 saturated heterocycles. The number of hydrogen-bond acceptors (Lipinski definition) is 6. The van der Waals surface area contributed by atoms with Gasteiger partial charge in [-0.25, -0.2) is 0 Å². The normalized spacial score (nSPS) is 10.7. The van der Waals surface area contributed by atoms with Crippen molar-refractivity contribution < 1.29 is 19.2 Å². The van der Waals surface area contributed by atoms with Crippen molar-refractivity contribution >= 4 is 40.4 Å². The SMILES string of the molecule is CCOCCCN(CC(=O)N(Cc1ccccc1)Cc1cccs1)C(=O)c1ccc(Cl)c([N+](=O)[O-])c1. The van der Waals surface area contributed by atoms with Gasteiger partial charge in [0, 0.05) is 42.8 Å². The molecule has 0 radical (unpaired) electrons. The first-order chi connectivity index (χ1) is 17.4. The number of thiophene rings is 1. The second-order valence-corrected chi connectivity index (χ2v) is 9.45. The molecular weight excluding hydrogens is 502 g/mol. The second-order valence-electron chi connectivity index (χ2n) is 8.02. The maximum Gasteiger partial charge on any atom is 0.288 e. The lowest BCUT2D eigenvalue weighted by Gasteiger charge is -2.28. The van der Waals surface area contributed by atoms with Crippen molar-refractivity contribution in [2.24, 2.45) is 0 Å². The van der Waals surface area contributed by atoms with Crippen molar-refractivity contribution in [3.8, 4) is 0 Å². The van der Waals surface area contributed by atoms with E-state index < -0.39 is 10.8 Å². The molecule has 0 unspecified atom stereocenters. The van der Waals surface area contributed by atoms with E-state index in [9.17, 15) is 19.7 Å². The Labute approximate surface area is 219 Å². The Morgan fingerprint density at radius 1 is 1.06 bits per heavy atom. The average Bonchev–Trinajstić information content (AvgIpc) is 3.39. The van der Waals surface area contributed by atoms with Crippen LogP contribution in [0.4, 0.5) is 5.69 Å². The molecule has 3 rings (SSSR count). The highest BCUT2D eigenvalue weighted by atomic mass is 35.5. The maximum absolute atomic E-state index is 13.5. The number of carbonyl (C=O) groups excluding carboxylic acids is 2. The van der Waals surface area contributed by atoms with Crippen molar-refractivity contribution in [3.05, 3.63) is 97.2 Å². The minimum absolute atomic E-state index is 0.0551. The van der Waals surface area contributed by atoms with Crippen LogP contribution < -0.4 is 0 Å². The van der Waals surface area contributed by atoms with Crippen molar-refractivity contribution in [2.75, 3.05) is 26.3 Å². The van der Waals surface area contributed by atoms with Gasteiger partial charge in [-0.15, -0.1) is 11.3 Å². The highest BCUT2D eigenvalue weighted by molar-refractivity contribution is 7.09. The molecule has 2 amide bonds. The van der Waals surface area contributed by atoms with Crippen LogP contribution in [0, 0.1) is 10.1 Å². The Kier molecular flexibility index (Phi) is 10.4. The van der Waals surface area contributed by atoms with E-state index in [-0.39, 0.29) is 35.3 Å². The number of rotatable bonds is 13. The van der Waals surface area contributed by atoms with Crippen LogP contribution in [-0.2, 0) is 22.6 Å². The largest absolute Gasteiger partial charge is 0.382 e. The third kappa shape index (κ3) is 7.87. The van der Waals surface area contributed by atoms with Crippen molar-refractivity contribution in [2.45, 2.75) is 26.4 Å². The van der Waals surface area contributed by atoms with Gasteiger partial charge in [-0.2, -0.15) is 0 Å². The lowest BCUT2D eigenvalue weighted by Crippen LogP contribution is -2.43. The van der Waals surface area contributed by atoms with Crippen LogP contribution in [0.1, 0.15) is 34.1 Å². The standard InChI is InChI=1S/C26H28ClN3O5S/c1-2-35-14-7-13-28(26(32)21-11-12-23(27)24(16-21)30(33)34)19-25(31)29(18-22-10-6-15-36-22)17-20-8-4-3-5-9-20/h3-6,8-12,15-16H,2,7,13-14,17-19H2,1H3. The van der Waals surface area contributed by atoms with E-state index in [0.717, 1.165) is 16.5 Å². The van der Waals surface area contributed by atoms with Gasteiger partial charge in [0.05, 0.1) is 11.5 Å². The number of carbonyl (C=O) groups is 2. The van der Waals surface area contributed by atoms with Crippen molar-refractivity contribution in [1.29, 1.82) is 0 Å². The number of halogens is 1. The number of amides is 2. The summed E-state index contributed by atoms with van der Waals surface area (Å²) >= 11 is 7.48. The minimum Gasteiger partial charge on any atom is -0.382 e. The van der Waals surface area contributed by atoms with Gasteiger partial charge in [0.2, 0.25) is 5.91 Å².